The molecule has 0 aliphatic carbocycles. The second-order valence-corrected chi connectivity index (χ2v) is 5.69. The van der Waals surface area contributed by atoms with Gasteiger partial charge in [0.05, 0.1) is 16.7 Å². The fraction of sp³-hybridized carbons (Fsp3) is 0.500. The molecular formula is C14H18BrF3N2O. The lowest BCUT2D eigenvalue weighted by Crippen LogP contribution is -2.41. The highest BCUT2D eigenvalue weighted by Crippen LogP contribution is 2.35. The molecule has 7 heteroatoms. The predicted molar refractivity (Wildman–Crippen MR) is 79.8 cm³/mol. The SMILES string of the molecule is CCC(CC)(CN)C(=O)Nc1cc(C(F)(F)F)ccc1Br. The predicted octanol–water partition coefficient (Wildman–Crippen LogP) is 4.17. The number of alkyl halides is 3. The molecule has 21 heavy (non-hydrogen) atoms. The monoisotopic (exact) mass is 366 g/mol. The van der Waals surface area contributed by atoms with E-state index in [0.717, 1.165) is 12.1 Å². The topological polar surface area (TPSA) is 55.1 Å². The summed E-state index contributed by atoms with van der Waals surface area (Å²) in [6.07, 6.45) is -3.43. The fourth-order valence-corrected chi connectivity index (χ4v) is 2.35. The second-order valence-electron chi connectivity index (χ2n) is 4.84. The third-order valence-corrected chi connectivity index (χ3v) is 4.46. The van der Waals surface area contributed by atoms with Crippen molar-refractivity contribution in [3.63, 3.8) is 0 Å². The van der Waals surface area contributed by atoms with Crippen LogP contribution in [0.4, 0.5) is 18.9 Å². The van der Waals surface area contributed by atoms with Crippen LogP contribution in [0, 0.1) is 5.41 Å². The van der Waals surface area contributed by atoms with E-state index in [1.54, 1.807) is 0 Å². The van der Waals surface area contributed by atoms with Crippen molar-refractivity contribution in [2.24, 2.45) is 11.1 Å². The summed E-state index contributed by atoms with van der Waals surface area (Å²) in [4.78, 5) is 12.3. The van der Waals surface area contributed by atoms with Crippen LogP contribution in [0.2, 0.25) is 0 Å². The minimum atomic E-state index is -4.46. The molecular weight excluding hydrogens is 349 g/mol. The molecule has 3 nitrogen and oxygen atoms in total. The van der Waals surface area contributed by atoms with Crippen molar-refractivity contribution in [1.82, 2.24) is 0 Å². The largest absolute Gasteiger partial charge is 0.416 e. The molecule has 0 aliphatic heterocycles. The summed E-state index contributed by atoms with van der Waals surface area (Å²) in [6, 6.07) is 3.13. The first-order valence-electron chi connectivity index (χ1n) is 6.58. The van der Waals surface area contributed by atoms with E-state index in [1.807, 2.05) is 13.8 Å². The van der Waals surface area contributed by atoms with Gasteiger partial charge in [0, 0.05) is 11.0 Å². The van der Waals surface area contributed by atoms with Crippen LogP contribution >= 0.6 is 15.9 Å². The van der Waals surface area contributed by atoms with Gasteiger partial charge in [-0.2, -0.15) is 13.2 Å². The Hall–Kier alpha value is -1.08. The fourth-order valence-electron chi connectivity index (χ4n) is 2.00. The van der Waals surface area contributed by atoms with Crippen LogP contribution in [-0.2, 0) is 11.0 Å². The lowest BCUT2D eigenvalue weighted by Gasteiger charge is -2.28. The minimum absolute atomic E-state index is 0.0922. The summed E-state index contributed by atoms with van der Waals surface area (Å²) in [5.41, 5.74) is 4.18. The number of hydrogen-bond donors (Lipinski definition) is 2. The molecule has 0 unspecified atom stereocenters. The number of halogens is 4. The molecule has 0 saturated carbocycles. The van der Waals surface area contributed by atoms with Gasteiger partial charge in [-0.25, -0.2) is 0 Å². The quantitative estimate of drug-likeness (QED) is 0.821. The highest BCUT2D eigenvalue weighted by atomic mass is 79.9. The van der Waals surface area contributed by atoms with Gasteiger partial charge < -0.3 is 11.1 Å². The van der Waals surface area contributed by atoms with Crippen LogP contribution in [0.25, 0.3) is 0 Å². The Kier molecular flexibility index (Phi) is 5.81. The van der Waals surface area contributed by atoms with Crippen molar-refractivity contribution in [3.8, 4) is 0 Å². The Balaban J connectivity index is 3.10. The number of amides is 1. The van der Waals surface area contributed by atoms with Crippen molar-refractivity contribution in [1.29, 1.82) is 0 Å². The Morgan fingerprint density at radius 3 is 2.29 bits per heavy atom. The van der Waals surface area contributed by atoms with E-state index in [9.17, 15) is 18.0 Å². The smallest absolute Gasteiger partial charge is 0.329 e. The van der Waals surface area contributed by atoms with Crippen molar-refractivity contribution in [2.45, 2.75) is 32.9 Å². The number of hydrogen-bond acceptors (Lipinski definition) is 2. The summed E-state index contributed by atoms with van der Waals surface area (Å²) >= 11 is 3.14. The average molecular weight is 367 g/mol. The first kappa shape index (κ1) is 18.0. The van der Waals surface area contributed by atoms with Gasteiger partial charge in [-0.1, -0.05) is 13.8 Å². The number of nitrogens with one attached hydrogen (secondary N) is 1. The zero-order valence-electron chi connectivity index (χ0n) is 11.9. The highest BCUT2D eigenvalue weighted by Gasteiger charge is 2.35. The van der Waals surface area contributed by atoms with Crippen molar-refractivity contribution < 1.29 is 18.0 Å². The lowest BCUT2D eigenvalue weighted by atomic mass is 9.81. The van der Waals surface area contributed by atoms with E-state index < -0.39 is 17.2 Å². The van der Waals surface area contributed by atoms with Crippen LogP contribution in [0.15, 0.2) is 22.7 Å². The Bertz CT molecular complexity index is 505. The molecule has 1 aromatic carbocycles. The average Bonchev–Trinajstić information content (AvgIpc) is 2.42. The number of benzene rings is 1. The number of carbonyl (C=O) groups is 1. The first-order chi connectivity index (χ1) is 9.70. The molecule has 1 aromatic rings. The molecule has 0 fully saturated rings. The van der Waals surface area contributed by atoms with E-state index >= 15 is 0 Å². The van der Waals surface area contributed by atoms with E-state index in [2.05, 4.69) is 21.2 Å². The van der Waals surface area contributed by atoms with Gasteiger partial charge in [-0.3, -0.25) is 4.79 Å². The molecule has 0 atom stereocenters. The van der Waals surface area contributed by atoms with Crippen LogP contribution in [0.3, 0.4) is 0 Å². The van der Waals surface area contributed by atoms with Gasteiger partial charge in [-0.05, 0) is 47.0 Å². The molecule has 118 valence electrons. The second kappa shape index (κ2) is 6.79. The van der Waals surface area contributed by atoms with Crippen molar-refractivity contribution in [3.05, 3.63) is 28.2 Å². The zero-order chi connectivity index (χ0) is 16.3. The van der Waals surface area contributed by atoms with Gasteiger partial charge in [0.15, 0.2) is 0 Å². The van der Waals surface area contributed by atoms with Gasteiger partial charge in [0.25, 0.3) is 0 Å². The molecule has 0 saturated heterocycles. The van der Waals surface area contributed by atoms with Crippen LogP contribution in [0.5, 0.6) is 0 Å². The molecule has 0 bridgehead atoms. The molecule has 0 heterocycles. The maximum Gasteiger partial charge on any atom is 0.416 e. The highest BCUT2D eigenvalue weighted by molar-refractivity contribution is 9.10. The van der Waals surface area contributed by atoms with E-state index in [0.29, 0.717) is 17.3 Å². The van der Waals surface area contributed by atoms with Gasteiger partial charge in [0.2, 0.25) is 5.91 Å². The van der Waals surface area contributed by atoms with Crippen LogP contribution in [0.1, 0.15) is 32.3 Å². The Labute approximate surface area is 130 Å². The zero-order valence-corrected chi connectivity index (χ0v) is 13.4. The van der Waals surface area contributed by atoms with Crippen molar-refractivity contribution in [2.75, 3.05) is 11.9 Å². The van der Waals surface area contributed by atoms with E-state index in [4.69, 9.17) is 5.73 Å². The molecule has 0 aromatic heterocycles. The molecule has 1 amide bonds. The first-order valence-corrected chi connectivity index (χ1v) is 7.37. The maximum absolute atomic E-state index is 12.7. The molecule has 0 aliphatic rings. The van der Waals surface area contributed by atoms with Gasteiger partial charge in [-0.15, -0.1) is 0 Å². The Morgan fingerprint density at radius 2 is 1.86 bits per heavy atom. The Morgan fingerprint density at radius 1 is 1.29 bits per heavy atom. The molecule has 3 N–H and O–H groups in total. The minimum Gasteiger partial charge on any atom is -0.329 e. The lowest BCUT2D eigenvalue weighted by molar-refractivity contribution is -0.137. The van der Waals surface area contributed by atoms with Gasteiger partial charge >= 0.3 is 6.18 Å². The third kappa shape index (κ3) is 3.97. The number of rotatable bonds is 5. The number of carbonyl (C=O) groups excluding carboxylic acids is 1. The standard InChI is InChI=1S/C14H18BrF3N2O/c1-3-13(4-2,8-19)12(21)20-11-7-9(14(16,17)18)5-6-10(11)15/h5-7H,3-4,8,19H2,1-2H3,(H,20,21). The summed E-state index contributed by atoms with van der Waals surface area (Å²) in [6.45, 7) is 3.80. The summed E-state index contributed by atoms with van der Waals surface area (Å²) in [5, 5.41) is 2.55. The summed E-state index contributed by atoms with van der Waals surface area (Å²) < 4.78 is 38.6. The van der Waals surface area contributed by atoms with Crippen LogP contribution in [-0.4, -0.2) is 12.5 Å². The van der Waals surface area contributed by atoms with Gasteiger partial charge in [0.1, 0.15) is 0 Å². The molecule has 0 radical (unpaired) electrons. The maximum atomic E-state index is 12.7. The van der Waals surface area contributed by atoms with Crippen LogP contribution < -0.4 is 11.1 Å². The normalized spacial score (nSPS) is 12.3. The summed E-state index contributed by atoms with van der Waals surface area (Å²) in [5.74, 6) is -0.366. The van der Waals surface area contributed by atoms with E-state index in [1.165, 1.54) is 6.07 Å². The van der Waals surface area contributed by atoms with Crippen molar-refractivity contribution >= 4 is 27.5 Å². The van der Waals surface area contributed by atoms with E-state index in [-0.39, 0.29) is 18.1 Å². The number of nitrogens with two attached hydrogens (primary N) is 1. The number of anilines is 1. The summed E-state index contributed by atoms with van der Waals surface area (Å²) in [7, 11) is 0. The molecule has 1 rings (SSSR count). The molecule has 0 spiro atoms. The third-order valence-electron chi connectivity index (χ3n) is 3.77.